The second-order valence-corrected chi connectivity index (χ2v) is 8.83. The highest BCUT2D eigenvalue weighted by Crippen LogP contribution is 2.32. The lowest BCUT2D eigenvalue weighted by atomic mass is 9.92. The van der Waals surface area contributed by atoms with Crippen molar-refractivity contribution in [2.75, 3.05) is 13.1 Å². The number of nitrogens with zero attached hydrogens (tertiary/aromatic N) is 5. The van der Waals surface area contributed by atoms with Crippen LogP contribution in [0.1, 0.15) is 43.5 Å². The smallest absolute Gasteiger partial charge is 0.418 e. The van der Waals surface area contributed by atoms with Crippen LogP contribution < -0.4 is 5.56 Å². The number of ether oxygens (including phenoxy) is 1. The summed E-state index contributed by atoms with van der Waals surface area (Å²) in [4.78, 5) is 39.3. The lowest BCUT2D eigenvalue weighted by molar-refractivity contribution is -0.138. The average Bonchev–Trinajstić information content (AvgIpc) is 2.68. The van der Waals surface area contributed by atoms with Gasteiger partial charge in [-0.1, -0.05) is 0 Å². The molecule has 1 fully saturated rings. The minimum atomic E-state index is -4.62. The second kappa shape index (κ2) is 8.13. The van der Waals surface area contributed by atoms with Gasteiger partial charge in [-0.25, -0.2) is 9.78 Å². The Morgan fingerprint density at radius 1 is 1.12 bits per heavy atom. The molecule has 0 spiro atoms. The van der Waals surface area contributed by atoms with Crippen LogP contribution in [-0.4, -0.2) is 49.2 Å². The number of hydrogen-bond acceptors (Lipinski definition) is 6. The van der Waals surface area contributed by atoms with E-state index in [1.54, 1.807) is 26.8 Å². The van der Waals surface area contributed by atoms with Crippen LogP contribution in [0, 0.1) is 0 Å². The van der Waals surface area contributed by atoms with Crippen molar-refractivity contribution in [2.45, 2.75) is 45.0 Å². The molecule has 3 aromatic heterocycles. The maximum Gasteiger partial charge on any atom is 0.418 e. The van der Waals surface area contributed by atoms with Crippen molar-refractivity contribution in [1.82, 2.24) is 24.4 Å². The molecule has 0 saturated carbocycles. The van der Waals surface area contributed by atoms with Crippen molar-refractivity contribution in [3.8, 4) is 0 Å². The van der Waals surface area contributed by atoms with Crippen LogP contribution in [-0.2, 0) is 17.5 Å². The maximum atomic E-state index is 13.5. The van der Waals surface area contributed by atoms with E-state index in [-0.39, 0.29) is 30.3 Å². The van der Waals surface area contributed by atoms with Gasteiger partial charge in [-0.3, -0.25) is 19.3 Å². The normalized spacial score (nSPS) is 14.9. The average molecular weight is 461 g/mol. The molecule has 0 unspecified atom stereocenters. The van der Waals surface area contributed by atoms with E-state index in [1.807, 2.05) is 0 Å². The molecule has 8 nitrogen and oxygen atoms in total. The highest BCUT2D eigenvalue weighted by atomic mass is 19.4. The van der Waals surface area contributed by atoms with E-state index in [1.165, 1.54) is 29.6 Å². The Kier molecular flexibility index (Phi) is 5.59. The number of aromatic nitrogens is 4. The molecule has 4 heterocycles. The van der Waals surface area contributed by atoms with Gasteiger partial charge in [0.2, 0.25) is 0 Å². The van der Waals surface area contributed by atoms with Gasteiger partial charge in [0.15, 0.2) is 5.65 Å². The van der Waals surface area contributed by atoms with Crippen LogP contribution in [0.4, 0.5) is 18.0 Å². The number of alkyl halides is 3. The summed E-state index contributed by atoms with van der Waals surface area (Å²) in [5, 5.41) is 0. The predicted octanol–water partition coefficient (Wildman–Crippen LogP) is 3.59. The van der Waals surface area contributed by atoms with E-state index >= 15 is 0 Å². The Hall–Kier alpha value is -3.50. The fourth-order valence-electron chi connectivity index (χ4n) is 3.67. The standard InChI is InChI=1S/C22H22F3N5O3/c1-21(2,3)33-20(32)29-10-13(11-29)14-9-16-18(28-8-7-27-16)30(19(14)31)12-17-15(22(23,24)25)5-4-6-26-17/h4-9,13H,10-12H2,1-3H3. The summed E-state index contributed by atoms with van der Waals surface area (Å²) in [7, 11) is 0. The molecule has 11 heteroatoms. The quantitative estimate of drug-likeness (QED) is 0.592. The van der Waals surface area contributed by atoms with Gasteiger partial charge in [0.25, 0.3) is 5.56 Å². The summed E-state index contributed by atoms with van der Waals surface area (Å²) < 4.78 is 46.9. The molecule has 3 aromatic rings. The van der Waals surface area contributed by atoms with Crippen LogP contribution in [0.15, 0.2) is 41.6 Å². The minimum absolute atomic E-state index is 0.161. The number of carbonyl (C=O) groups is 1. The molecule has 174 valence electrons. The van der Waals surface area contributed by atoms with Gasteiger partial charge in [0, 0.05) is 43.2 Å². The number of pyridine rings is 2. The van der Waals surface area contributed by atoms with Gasteiger partial charge in [0.1, 0.15) is 11.1 Å². The van der Waals surface area contributed by atoms with E-state index in [4.69, 9.17) is 4.74 Å². The van der Waals surface area contributed by atoms with E-state index in [0.717, 1.165) is 10.6 Å². The fraction of sp³-hybridized carbons (Fsp3) is 0.409. The third-order valence-corrected chi connectivity index (χ3v) is 5.22. The summed E-state index contributed by atoms with van der Waals surface area (Å²) in [6, 6.07) is 3.71. The van der Waals surface area contributed by atoms with Crippen molar-refractivity contribution in [1.29, 1.82) is 0 Å². The van der Waals surface area contributed by atoms with Crippen LogP contribution in [0.3, 0.4) is 0 Å². The van der Waals surface area contributed by atoms with E-state index in [0.29, 0.717) is 11.1 Å². The molecule has 1 saturated heterocycles. The number of halogens is 3. The largest absolute Gasteiger partial charge is 0.444 e. The van der Waals surface area contributed by atoms with Gasteiger partial charge in [-0.15, -0.1) is 0 Å². The molecule has 0 aromatic carbocycles. The number of fused-ring (bicyclic) bond motifs is 1. The van der Waals surface area contributed by atoms with Crippen molar-refractivity contribution in [2.24, 2.45) is 0 Å². The molecular formula is C22H22F3N5O3. The number of amides is 1. The Bertz CT molecular complexity index is 1260. The molecular weight excluding hydrogens is 439 g/mol. The van der Waals surface area contributed by atoms with Gasteiger partial charge in [-0.05, 0) is 39.0 Å². The fourth-order valence-corrected chi connectivity index (χ4v) is 3.67. The molecule has 4 rings (SSSR count). The molecule has 0 atom stereocenters. The summed E-state index contributed by atoms with van der Waals surface area (Å²) in [5.74, 6) is -0.298. The summed E-state index contributed by atoms with van der Waals surface area (Å²) in [6.07, 6.45) is -1.04. The van der Waals surface area contributed by atoms with E-state index < -0.39 is 35.5 Å². The zero-order valence-corrected chi connectivity index (χ0v) is 18.3. The van der Waals surface area contributed by atoms with Gasteiger partial charge in [-0.2, -0.15) is 13.2 Å². The first-order valence-electron chi connectivity index (χ1n) is 10.3. The highest BCUT2D eigenvalue weighted by Gasteiger charge is 2.37. The van der Waals surface area contributed by atoms with Crippen molar-refractivity contribution >= 4 is 17.3 Å². The topological polar surface area (TPSA) is 90.2 Å². The summed E-state index contributed by atoms with van der Waals surface area (Å²) in [6.45, 7) is 5.38. The van der Waals surface area contributed by atoms with Crippen molar-refractivity contribution in [3.63, 3.8) is 0 Å². The molecule has 0 aliphatic carbocycles. The van der Waals surface area contributed by atoms with Crippen LogP contribution >= 0.6 is 0 Å². The predicted molar refractivity (Wildman–Crippen MR) is 113 cm³/mol. The monoisotopic (exact) mass is 461 g/mol. The van der Waals surface area contributed by atoms with Gasteiger partial charge >= 0.3 is 12.3 Å². The summed E-state index contributed by atoms with van der Waals surface area (Å²) >= 11 is 0. The van der Waals surface area contributed by atoms with Crippen LogP contribution in [0.2, 0.25) is 0 Å². The lowest BCUT2D eigenvalue weighted by Crippen LogP contribution is -2.51. The Labute approximate surface area is 187 Å². The van der Waals surface area contributed by atoms with Crippen molar-refractivity contribution in [3.05, 3.63) is 64.0 Å². The molecule has 1 aliphatic rings. The molecule has 0 bridgehead atoms. The van der Waals surface area contributed by atoms with Crippen molar-refractivity contribution < 1.29 is 22.7 Å². The van der Waals surface area contributed by atoms with E-state index in [2.05, 4.69) is 15.0 Å². The molecule has 1 aliphatic heterocycles. The van der Waals surface area contributed by atoms with Crippen LogP contribution in [0.5, 0.6) is 0 Å². The molecule has 33 heavy (non-hydrogen) atoms. The third-order valence-electron chi connectivity index (χ3n) is 5.22. The first kappa shape index (κ1) is 22.7. The zero-order valence-electron chi connectivity index (χ0n) is 18.3. The zero-order chi connectivity index (χ0) is 24.0. The molecule has 1 amide bonds. The van der Waals surface area contributed by atoms with E-state index in [9.17, 15) is 22.8 Å². The summed E-state index contributed by atoms with van der Waals surface area (Å²) in [5.41, 5.74) is -1.46. The highest BCUT2D eigenvalue weighted by molar-refractivity contribution is 5.72. The Balaban J connectivity index is 1.69. The maximum absolute atomic E-state index is 13.5. The SMILES string of the molecule is CC(C)(C)OC(=O)N1CC(c2cc3nccnc3n(Cc3ncccc3C(F)(F)F)c2=O)C1. The Morgan fingerprint density at radius 2 is 1.82 bits per heavy atom. The first-order chi connectivity index (χ1) is 15.4. The third kappa shape index (κ3) is 4.67. The Morgan fingerprint density at radius 3 is 2.48 bits per heavy atom. The lowest BCUT2D eigenvalue weighted by Gasteiger charge is -2.39. The number of likely N-dealkylation sites (tertiary alicyclic amines) is 1. The number of rotatable bonds is 3. The van der Waals surface area contributed by atoms with Crippen LogP contribution in [0.25, 0.3) is 11.2 Å². The minimum Gasteiger partial charge on any atom is -0.444 e. The number of carbonyl (C=O) groups excluding carboxylic acids is 1. The number of hydrogen-bond donors (Lipinski definition) is 0. The first-order valence-corrected chi connectivity index (χ1v) is 10.3. The second-order valence-electron chi connectivity index (χ2n) is 8.83. The van der Waals surface area contributed by atoms with Gasteiger partial charge in [0.05, 0.1) is 17.8 Å². The van der Waals surface area contributed by atoms with Gasteiger partial charge < -0.3 is 9.64 Å². The molecule has 0 N–H and O–H groups in total. The molecule has 0 radical (unpaired) electrons.